The van der Waals surface area contributed by atoms with E-state index in [2.05, 4.69) is 30.9 Å². The van der Waals surface area contributed by atoms with Crippen molar-refractivity contribution in [3.05, 3.63) is 71.9 Å². The second kappa shape index (κ2) is 8.81. The lowest BCUT2D eigenvalue weighted by Crippen LogP contribution is -2.10. The molecule has 1 aromatic carbocycles. The van der Waals surface area contributed by atoms with E-state index in [0.717, 1.165) is 11.1 Å². The number of allylic oxidation sites excluding steroid dienone is 1. The van der Waals surface area contributed by atoms with E-state index in [0.29, 0.717) is 23.2 Å². The van der Waals surface area contributed by atoms with Crippen molar-refractivity contribution in [3.63, 3.8) is 0 Å². The number of aromatic nitrogens is 3. The van der Waals surface area contributed by atoms with Crippen molar-refractivity contribution in [3.8, 4) is 0 Å². The van der Waals surface area contributed by atoms with Crippen molar-refractivity contribution >= 4 is 29.4 Å². The molecule has 2 heterocycles. The van der Waals surface area contributed by atoms with E-state index in [1.54, 1.807) is 37.8 Å². The molecule has 1 atom stereocenters. The average molecular weight is 379 g/mol. The fourth-order valence-corrected chi connectivity index (χ4v) is 2.71. The van der Waals surface area contributed by atoms with Crippen LogP contribution in [0.15, 0.2) is 55.0 Å². The molecule has 0 aliphatic heterocycles. The minimum absolute atomic E-state index is 0.0866. The number of imidazole rings is 1. The van der Waals surface area contributed by atoms with Crippen molar-refractivity contribution < 1.29 is 4.39 Å². The summed E-state index contributed by atoms with van der Waals surface area (Å²) < 4.78 is 13.2. The number of anilines is 3. The van der Waals surface area contributed by atoms with Crippen LogP contribution in [0.25, 0.3) is 5.57 Å². The summed E-state index contributed by atoms with van der Waals surface area (Å²) in [7, 11) is 1.78. The van der Waals surface area contributed by atoms with Gasteiger partial charge in [0, 0.05) is 43.5 Å². The highest BCUT2D eigenvalue weighted by Crippen LogP contribution is 2.25. The number of halogens is 1. The molecular formula is C20H22FN7. The van der Waals surface area contributed by atoms with Crippen molar-refractivity contribution in [2.24, 2.45) is 0 Å². The first-order chi connectivity index (χ1) is 13.6. The molecule has 0 bridgehead atoms. The summed E-state index contributed by atoms with van der Waals surface area (Å²) in [4.78, 5) is 11.7. The Kier molecular flexibility index (Phi) is 6.01. The molecule has 28 heavy (non-hydrogen) atoms. The number of pyridine rings is 1. The zero-order valence-corrected chi connectivity index (χ0v) is 15.6. The molecule has 0 fully saturated rings. The lowest BCUT2D eigenvalue weighted by atomic mass is 10.1. The van der Waals surface area contributed by atoms with E-state index in [1.807, 2.05) is 19.1 Å². The molecular weight excluding hydrogens is 357 g/mol. The van der Waals surface area contributed by atoms with Gasteiger partial charge in [-0.05, 0) is 42.3 Å². The molecule has 3 rings (SSSR count). The first-order valence-electron chi connectivity index (χ1n) is 8.78. The van der Waals surface area contributed by atoms with Crippen molar-refractivity contribution in [2.75, 3.05) is 17.7 Å². The SMILES string of the molecule is CN/C=C(\C=N)c1cc(Nc2ncc[nH]2)nc(NC(C)c2ccc(F)cc2)c1. The predicted octanol–water partition coefficient (Wildman–Crippen LogP) is 4.07. The van der Waals surface area contributed by atoms with Crippen LogP contribution in [0.2, 0.25) is 0 Å². The van der Waals surface area contributed by atoms with Gasteiger partial charge in [-0.3, -0.25) is 0 Å². The zero-order valence-electron chi connectivity index (χ0n) is 15.6. The van der Waals surface area contributed by atoms with E-state index < -0.39 is 0 Å². The van der Waals surface area contributed by atoms with Gasteiger partial charge in [0.25, 0.3) is 0 Å². The van der Waals surface area contributed by atoms with E-state index in [-0.39, 0.29) is 11.9 Å². The molecule has 5 N–H and O–H groups in total. The molecule has 0 aliphatic carbocycles. The largest absolute Gasteiger partial charge is 0.393 e. The van der Waals surface area contributed by atoms with Gasteiger partial charge in [0.05, 0.1) is 0 Å². The van der Waals surface area contributed by atoms with Crippen molar-refractivity contribution in [2.45, 2.75) is 13.0 Å². The van der Waals surface area contributed by atoms with E-state index >= 15 is 0 Å². The van der Waals surface area contributed by atoms with Gasteiger partial charge < -0.3 is 26.3 Å². The minimum Gasteiger partial charge on any atom is -0.393 e. The van der Waals surface area contributed by atoms with E-state index in [9.17, 15) is 4.39 Å². The number of aromatic amines is 1. The molecule has 0 saturated heterocycles. The first-order valence-corrected chi connectivity index (χ1v) is 8.78. The highest BCUT2D eigenvalue weighted by molar-refractivity contribution is 6.08. The highest BCUT2D eigenvalue weighted by Gasteiger charge is 2.11. The Morgan fingerprint density at radius 2 is 1.96 bits per heavy atom. The number of nitrogens with one attached hydrogen (secondary N) is 5. The van der Waals surface area contributed by atoms with Crippen LogP contribution in [0, 0.1) is 11.2 Å². The van der Waals surface area contributed by atoms with E-state index in [4.69, 9.17) is 5.41 Å². The number of benzene rings is 1. The minimum atomic E-state index is -0.270. The summed E-state index contributed by atoms with van der Waals surface area (Å²) in [6, 6.07) is 9.96. The number of hydrogen-bond acceptors (Lipinski definition) is 6. The van der Waals surface area contributed by atoms with Crippen LogP contribution < -0.4 is 16.0 Å². The molecule has 2 aromatic heterocycles. The highest BCUT2D eigenvalue weighted by atomic mass is 19.1. The van der Waals surface area contributed by atoms with Gasteiger partial charge >= 0.3 is 0 Å². The van der Waals surface area contributed by atoms with Crippen LogP contribution >= 0.6 is 0 Å². The quantitative estimate of drug-likeness (QED) is 0.380. The summed E-state index contributed by atoms with van der Waals surface area (Å²) >= 11 is 0. The van der Waals surface area contributed by atoms with E-state index in [1.165, 1.54) is 18.3 Å². The van der Waals surface area contributed by atoms with Gasteiger partial charge in [0.15, 0.2) is 0 Å². The normalized spacial score (nSPS) is 12.3. The van der Waals surface area contributed by atoms with Crippen LogP contribution in [0.4, 0.5) is 22.0 Å². The van der Waals surface area contributed by atoms with Crippen LogP contribution in [0.5, 0.6) is 0 Å². The van der Waals surface area contributed by atoms with Gasteiger partial charge in [-0.2, -0.15) is 0 Å². The Labute approximate surface area is 162 Å². The Balaban J connectivity index is 1.92. The van der Waals surface area contributed by atoms with Crippen LogP contribution in [-0.2, 0) is 0 Å². The smallest absolute Gasteiger partial charge is 0.205 e. The Morgan fingerprint density at radius 1 is 1.21 bits per heavy atom. The number of hydrogen-bond donors (Lipinski definition) is 5. The Hall–Kier alpha value is -3.68. The molecule has 7 nitrogen and oxygen atoms in total. The molecule has 0 amide bonds. The summed E-state index contributed by atoms with van der Waals surface area (Å²) in [5.41, 5.74) is 2.44. The van der Waals surface area contributed by atoms with Crippen molar-refractivity contribution in [1.82, 2.24) is 20.3 Å². The Morgan fingerprint density at radius 3 is 2.61 bits per heavy atom. The maximum Gasteiger partial charge on any atom is 0.205 e. The molecule has 3 aromatic rings. The lowest BCUT2D eigenvalue weighted by molar-refractivity contribution is 0.626. The third-order valence-corrected chi connectivity index (χ3v) is 4.09. The van der Waals surface area contributed by atoms with Crippen LogP contribution in [0.3, 0.4) is 0 Å². The summed E-state index contributed by atoms with van der Waals surface area (Å²) in [5.74, 6) is 1.49. The zero-order chi connectivity index (χ0) is 19.9. The molecule has 0 radical (unpaired) electrons. The van der Waals surface area contributed by atoms with Gasteiger partial charge in [0.2, 0.25) is 5.95 Å². The standard InChI is InChI=1S/C20H22FN7/c1-13(14-3-5-17(21)6-4-14)26-18-9-15(16(11-22)12-23-2)10-19(27-18)28-20-24-7-8-25-20/h3-13,22-23H,1-2H3,(H3,24,25,26,27,28)/b16-12+,22-11?. The van der Waals surface area contributed by atoms with Gasteiger partial charge in [-0.25, -0.2) is 14.4 Å². The van der Waals surface area contributed by atoms with Crippen LogP contribution in [0.1, 0.15) is 24.1 Å². The molecule has 0 saturated carbocycles. The first kappa shape index (κ1) is 19.1. The third kappa shape index (κ3) is 4.73. The fraction of sp³-hybridized carbons (Fsp3) is 0.150. The number of H-pyrrole nitrogens is 1. The average Bonchev–Trinajstić information content (AvgIpc) is 3.19. The molecule has 0 spiro atoms. The summed E-state index contributed by atoms with van der Waals surface area (Å²) in [6.07, 6.45) is 6.37. The molecule has 0 aliphatic rings. The molecule has 1 unspecified atom stereocenters. The number of nitrogens with zero attached hydrogens (tertiary/aromatic N) is 2. The summed E-state index contributed by atoms with van der Waals surface area (Å²) in [6.45, 7) is 1.97. The van der Waals surface area contributed by atoms with Gasteiger partial charge in [-0.15, -0.1) is 0 Å². The third-order valence-electron chi connectivity index (χ3n) is 4.09. The molecule has 8 heteroatoms. The number of rotatable bonds is 8. The van der Waals surface area contributed by atoms with Gasteiger partial charge in [0.1, 0.15) is 17.5 Å². The Bertz CT molecular complexity index is 949. The van der Waals surface area contributed by atoms with Crippen molar-refractivity contribution in [1.29, 1.82) is 5.41 Å². The monoisotopic (exact) mass is 379 g/mol. The molecule has 144 valence electrons. The maximum absolute atomic E-state index is 13.2. The topological polar surface area (TPSA) is 102 Å². The predicted molar refractivity (Wildman–Crippen MR) is 110 cm³/mol. The second-order valence-corrected chi connectivity index (χ2v) is 6.14. The second-order valence-electron chi connectivity index (χ2n) is 6.14. The fourth-order valence-electron chi connectivity index (χ4n) is 2.71. The van der Waals surface area contributed by atoms with Crippen LogP contribution in [-0.4, -0.2) is 28.2 Å². The lowest BCUT2D eigenvalue weighted by Gasteiger charge is -2.17. The maximum atomic E-state index is 13.2. The van der Waals surface area contributed by atoms with Gasteiger partial charge in [-0.1, -0.05) is 12.1 Å². The summed E-state index contributed by atoms with van der Waals surface area (Å²) in [5, 5.41) is 17.1.